The summed E-state index contributed by atoms with van der Waals surface area (Å²) < 4.78 is 5.58. The van der Waals surface area contributed by atoms with Crippen LogP contribution in [0.3, 0.4) is 0 Å². The van der Waals surface area contributed by atoms with E-state index in [1.807, 2.05) is 24.8 Å². The minimum absolute atomic E-state index is 0.225. The first kappa shape index (κ1) is 13.0. The van der Waals surface area contributed by atoms with Crippen LogP contribution in [0.25, 0.3) is 0 Å². The number of halogens is 1. The second-order valence-corrected chi connectivity index (χ2v) is 4.30. The van der Waals surface area contributed by atoms with Crippen molar-refractivity contribution in [2.24, 2.45) is 0 Å². The van der Waals surface area contributed by atoms with Crippen molar-refractivity contribution in [1.29, 1.82) is 0 Å². The number of hydrogen-bond donors (Lipinski definition) is 0. The van der Waals surface area contributed by atoms with Gasteiger partial charge in [0.2, 0.25) is 0 Å². The molecule has 0 radical (unpaired) electrons. The van der Waals surface area contributed by atoms with Gasteiger partial charge in [0.15, 0.2) is 0 Å². The lowest BCUT2D eigenvalue weighted by Gasteiger charge is -2.22. The molecular weight excluding hydrogens is 272 g/mol. The Morgan fingerprint density at radius 1 is 1.62 bits per heavy atom. The smallest absolute Gasteiger partial charge is 0.325 e. The first-order valence-corrected chi connectivity index (χ1v) is 5.81. The molecule has 0 aromatic carbocycles. The van der Waals surface area contributed by atoms with Crippen molar-refractivity contribution in [3.63, 3.8) is 0 Å². The molecule has 1 heterocycles. The fourth-order valence-corrected chi connectivity index (χ4v) is 1.87. The maximum atomic E-state index is 11.2. The molecule has 88 valence electrons. The molecule has 0 unspecified atom stereocenters. The van der Waals surface area contributed by atoms with Gasteiger partial charge in [0.1, 0.15) is 12.4 Å². The first-order chi connectivity index (χ1) is 7.58. The monoisotopic (exact) mass is 286 g/mol. The fourth-order valence-electron chi connectivity index (χ4n) is 1.42. The van der Waals surface area contributed by atoms with E-state index in [4.69, 9.17) is 0 Å². The highest BCUT2D eigenvalue weighted by molar-refractivity contribution is 9.10. The molecule has 0 aliphatic carbocycles. The summed E-state index contributed by atoms with van der Waals surface area (Å²) in [6, 6.07) is 1.97. The van der Waals surface area contributed by atoms with E-state index in [9.17, 15) is 4.79 Å². The Morgan fingerprint density at radius 2 is 2.31 bits per heavy atom. The number of pyridine rings is 1. The number of esters is 1. The summed E-state index contributed by atoms with van der Waals surface area (Å²) in [6.45, 7) is 4.88. The zero-order chi connectivity index (χ0) is 12.1. The molecule has 16 heavy (non-hydrogen) atoms. The van der Waals surface area contributed by atoms with E-state index in [0.717, 1.165) is 15.9 Å². The summed E-state index contributed by atoms with van der Waals surface area (Å²) in [5.41, 5.74) is 1.03. The molecule has 0 aliphatic rings. The minimum atomic E-state index is -0.258. The number of nitrogens with zero attached hydrogens (tertiary/aromatic N) is 2. The van der Waals surface area contributed by atoms with Crippen molar-refractivity contribution in [2.75, 3.05) is 25.1 Å². The Morgan fingerprint density at radius 3 is 2.81 bits per heavy atom. The molecular formula is C11H15BrN2O2. The van der Waals surface area contributed by atoms with Gasteiger partial charge in [0.25, 0.3) is 0 Å². The average molecular weight is 287 g/mol. The molecule has 0 spiro atoms. The maximum absolute atomic E-state index is 11.2. The number of ether oxygens (including phenoxy) is 1. The summed E-state index contributed by atoms with van der Waals surface area (Å²) in [4.78, 5) is 17.4. The van der Waals surface area contributed by atoms with Crippen molar-refractivity contribution in [2.45, 2.75) is 13.8 Å². The number of carbonyl (C=O) groups excluding carboxylic acids is 1. The van der Waals surface area contributed by atoms with Gasteiger partial charge in [-0.2, -0.15) is 0 Å². The highest BCUT2D eigenvalue weighted by Crippen LogP contribution is 2.20. The standard InChI is InChI=1S/C11H15BrN2O2/c1-4-14(7-10(15)16-3)11-8(2)5-9(12)6-13-11/h5-6H,4,7H2,1-3H3. The molecule has 1 rings (SSSR count). The van der Waals surface area contributed by atoms with E-state index in [0.29, 0.717) is 6.54 Å². The second-order valence-electron chi connectivity index (χ2n) is 3.38. The zero-order valence-electron chi connectivity index (χ0n) is 9.66. The van der Waals surface area contributed by atoms with E-state index >= 15 is 0 Å². The molecule has 4 nitrogen and oxygen atoms in total. The van der Waals surface area contributed by atoms with Crippen LogP contribution in [-0.4, -0.2) is 31.2 Å². The van der Waals surface area contributed by atoms with E-state index in [1.165, 1.54) is 7.11 Å². The molecule has 5 heteroatoms. The van der Waals surface area contributed by atoms with E-state index < -0.39 is 0 Å². The number of likely N-dealkylation sites (N-methyl/N-ethyl adjacent to an activating group) is 1. The molecule has 0 saturated heterocycles. The third-order valence-electron chi connectivity index (χ3n) is 2.25. The quantitative estimate of drug-likeness (QED) is 0.796. The van der Waals surface area contributed by atoms with Crippen molar-refractivity contribution >= 4 is 27.7 Å². The number of rotatable bonds is 4. The number of anilines is 1. The molecule has 0 amide bonds. The van der Waals surface area contributed by atoms with E-state index in [-0.39, 0.29) is 12.5 Å². The predicted molar refractivity (Wildman–Crippen MR) is 66.6 cm³/mol. The van der Waals surface area contributed by atoms with Gasteiger partial charge >= 0.3 is 5.97 Å². The van der Waals surface area contributed by atoms with Gasteiger partial charge in [-0.25, -0.2) is 4.98 Å². The molecule has 1 aromatic rings. The SMILES string of the molecule is CCN(CC(=O)OC)c1ncc(Br)cc1C. The van der Waals surface area contributed by atoms with Crippen LogP contribution in [0.5, 0.6) is 0 Å². The number of hydrogen-bond acceptors (Lipinski definition) is 4. The number of methoxy groups -OCH3 is 1. The van der Waals surface area contributed by atoms with Gasteiger partial charge < -0.3 is 9.64 Å². The van der Waals surface area contributed by atoms with Gasteiger partial charge in [-0.3, -0.25) is 4.79 Å². The lowest BCUT2D eigenvalue weighted by Crippen LogP contribution is -2.31. The minimum Gasteiger partial charge on any atom is -0.468 e. The van der Waals surface area contributed by atoms with Crippen molar-refractivity contribution in [3.05, 3.63) is 22.3 Å². The lowest BCUT2D eigenvalue weighted by atomic mass is 10.2. The predicted octanol–water partition coefficient (Wildman–Crippen LogP) is 2.15. The molecule has 0 aliphatic heterocycles. The summed E-state index contributed by atoms with van der Waals surface area (Å²) in [6.07, 6.45) is 1.72. The summed E-state index contributed by atoms with van der Waals surface area (Å²) in [7, 11) is 1.39. The van der Waals surface area contributed by atoms with Gasteiger partial charge in [0.05, 0.1) is 7.11 Å². The van der Waals surface area contributed by atoms with Crippen LogP contribution in [0, 0.1) is 6.92 Å². The second kappa shape index (κ2) is 5.84. The third kappa shape index (κ3) is 3.20. The fraction of sp³-hybridized carbons (Fsp3) is 0.455. The van der Waals surface area contributed by atoms with Crippen molar-refractivity contribution < 1.29 is 9.53 Å². The van der Waals surface area contributed by atoms with Crippen LogP contribution >= 0.6 is 15.9 Å². The van der Waals surface area contributed by atoms with Crippen LogP contribution in [-0.2, 0) is 9.53 Å². The first-order valence-electron chi connectivity index (χ1n) is 5.02. The molecule has 0 N–H and O–H groups in total. The molecule has 0 saturated carbocycles. The topological polar surface area (TPSA) is 42.4 Å². The summed E-state index contributed by atoms with van der Waals surface area (Å²) in [5.74, 6) is 0.557. The Balaban J connectivity index is 2.90. The van der Waals surface area contributed by atoms with Gasteiger partial charge in [0, 0.05) is 17.2 Å². The van der Waals surface area contributed by atoms with Gasteiger partial charge in [-0.1, -0.05) is 0 Å². The summed E-state index contributed by atoms with van der Waals surface area (Å²) in [5, 5.41) is 0. The molecule has 1 aromatic heterocycles. The lowest BCUT2D eigenvalue weighted by molar-refractivity contribution is -0.138. The maximum Gasteiger partial charge on any atom is 0.325 e. The van der Waals surface area contributed by atoms with E-state index in [1.54, 1.807) is 6.20 Å². The van der Waals surface area contributed by atoms with Crippen LogP contribution in [0.15, 0.2) is 16.7 Å². The highest BCUT2D eigenvalue weighted by atomic mass is 79.9. The molecule has 0 bridgehead atoms. The number of carbonyl (C=O) groups is 1. The third-order valence-corrected chi connectivity index (χ3v) is 2.68. The van der Waals surface area contributed by atoms with Crippen LogP contribution in [0.4, 0.5) is 5.82 Å². The van der Waals surface area contributed by atoms with Gasteiger partial charge in [-0.05, 0) is 41.4 Å². The van der Waals surface area contributed by atoms with Crippen molar-refractivity contribution in [1.82, 2.24) is 4.98 Å². The van der Waals surface area contributed by atoms with Crippen LogP contribution in [0.1, 0.15) is 12.5 Å². The largest absolute Gasteiger partial charge is 0.468 e. The summed E-state index contributed by atoms with van der Waals surface area (Å²) >= 11 is 3.36. The number of aromatic nitrogens is 1. The Bertz CT molecular complexity index is 382. The molecule has 0 atom stereocenters. The zero-order valence-corrected chi connectivity index (χ0v) is 11.2. The number of aryl methyl sites for hydroxylation is 1. The highest BCUT2D eigenvalue weighted by Gasteiger charge is 2.13. The molecule has 0 fully saturated rings. The Labute approximate surface area is 104 Å². The van der Waals surface area contributed by atoms with E-state index in [2.05, 4.69) is 25.7 Å². The van der Waals surface area contributed by atoms with Crippen LogP contribution in [0.2, 0.25) is 0 Å². The Kier molecular flexibility index (Phi) is 4.73. The van der Waals surface area contributed by atoms with Gasteiger partial charge in [-0.15, -0.1) is 0 Å². The van der Waals surface area contributed by atoms with Crippen molar-refractivity contribution in [3.8, 4) is 0 Å². The average Bonchev–Trinajstić information content (AvgIpc) is 2.26. The van der Waals surface area contributed by atoms with Crippen LogP contribution < -0.4 is 4.90 Å². The normalized spacial score (nSPS) is 10.0. The Hall–Kier alpha value is -1.10.